The van der Waals surface area contributed by atoms with E-state index >= 15 is 0 Å². The number of hydrogen-bond acceptors (Lipinski definition) is 4. The number of Topliss-reactive ketones (excluding diaryl/α,β-unsaturated/α-hetero) is 1. The molecule has 0 aliphatic heterocycles. The zero-order valence-corrected chi connectivity index (χ0v) is 13.5. The van der Waals surface area contributed by atoms with E-state index in [2.05, 4.69) is 0 Å². The lowest BCUT2D eigenvalue weighted by molar-refractivity contribution is -0.195. The van der Waals surface area contributed by atoms with E-state index in [0.29, 0.717) is 23.8 Å². The van der Waals surface area contributed by atoms with E-state index < -0.39 is 16.8 Å². The summed E-state index contributed by atoms with van der Waals surface area (Å²) < 4.78 is 18.2. The number of carbonyl (C=O) groups excluding carboxylic acids is 2. The van der Waals surface area contributed by atoms with Crippen molar-refractivity contribution in [2.24, 2.45) is 17.3 Å². The maximum Gasteiger partial charge on any atom is 0.312 e. The summed E-state index contributed by atoms with van der Waals surface area (Å²) >= 11 is 0. The molecule has 0 amide bonds. The van der Waals surface area contributed by atoms with Gasteiger partial charge in [-0.1, -0.05) is 0 Å². The smallest absolute Gasteiger partial charge is 0.312 e. The van der Waals surface area contributed by atoms with E-state index in [4.69, 9.17) is 4.74 Å². The van der Waals surface area contributed by atoms with Gasteiger partial charge in [0.15, 0.2) is 12.4 Å². The Labute approximate surface area is 140 Å². The molecule has 4 nitrogen and oxygen atoms in total. The number of esters is 1. The molecule has 0 heterocycles. The fraction of sp³-hybridized carbons (Fsp3) is 0.579. The normalized spacial score (nSPS) is 36.6. The van der Waals surface area contributed by atoms with E-state index in [-0.39, 0.29) is 18.4 Å². The van der Waals surface area contributed by atoms with Gasteiger partial charge < -0.3 is 9.84 Å². The van der Waals surface area contributed by atoms with Crippen molar-refractivity contribution < 1.29 is 23.8 Å². The van der Waals surface area contributed by atoms with E-state index in [0.717, 1.165) is 32.1 Å². The number of halogens is 1. The van der Waals surface area contributed by atoms with Crippen LogP contribution in [0, 0.1) is 23.1 Å². The molecule has 0 spiro atoms. The number of benzene rings is 1. The quantitative estimate of drug-likeness (QED) is 0.680. The molecule has 1 aromatic rings. The molecule has 5 rings (SSSR count). The van der Waals surface area contributed by atoms with Gasteiger partial charge in [-0.25, -0.2) is 4.39 Å². The van der Waals surface area contributed by atoms with Gasteiger partial charge in [0.2, 0.25) is 0 Å². The molecule has 4 saturated carbocycles. The van der Waals surface area contributed by atoms with Crippen LogP contribution < -0.4 is 0 Å². The van der Waals surface area contributed by atoms with Crippen molar-refractivity contribution in [1.29, 1.82) is 0 Å². The van der Waals surface area contributed by atoms with Crippen LogP contribution in [0.15, 0.2) is 24.3 Å². The Bertz CT molecular complexity index is 667. The second-order valence-corrected chi connectivity index (χ2v) is 7.97. The van der Waals surface area contributed by atoms with Gasteiger partial charge in [-0.2, -0.15) is 0 Å². The molecule has 24 heavy (non-hydrogen) atoms. The summed E-state index contributed by atoms with van der Waals surface area (Å²) in [4.78, 5) is 24.8. The predicted octanol–water partition coefficient (Wildman–Crippen LogP) is 2.88. The summed E-state index contributed by atoms with van der Waals surface area (Å²) in [6.07, 6.45) is 4.63. The molecule has 1 N–H and O–H groups in total. The maximum atomic E-state index is 12.9. The third-order valence-corrected chi connectivity index (χ3v) is 5.96. The molecule has 0 aromatic heterocycles. The summed E-state index contributed by atoms with van der Waals surface area (Å²) in [7, 11) is 0. The number of rotatable bonds is 4. The minimum atomic E-state index is -0.732. The fourth-order valence-corrected chi connectivity index (χ4v) is 5.46. The first kappa shape index (κ1) is 15.8. The van der Waals surface area contributed by atoms with Gasteiger partial charge in [0, 0.05) is 5.56 Å². The molecule has 4 atom stereocenters. The van der Waals surface area contributed by atoms with Gasteiger partial charge in [-0.15, -0.1) is 0 Å². The minimum Gasteiger partial charge on any atom is -0.457 e. The molecule has 0 saturated heterocycles. The number of ketones is 1. The van der Waals surface area contributed by atoms with Crippen LogP contribution in [-0.4, -0.2) is 29.1 Å². The second kappa shape index (κ2) is 5.38. The second-order valence-electron chi connectivity index (χ2n) is 7.97. The summed E-state index contributed by atoms with van der Waals surface area (Å²) in [6.45, 7) is -0.333. The van der Waals surface area contributed by atoms with E-state index in [1.165, 1.54) is 24.3 Å². The van der Waals surface area contributed by atoms with Crippen LogP contribution in [0.3, 0.4) is 0 Å². The number of ether oxygens (including phenoxy) is 1. The summed E-state index contributed by atoms with van der Waals surface area (Å²) in [5.41, 5.74) is -1.03. The van der Waals surface area contributed by atoms with Crippen molar-refractivity contribution >= 4 is 11.8 Å². The van der Waals surface area contributed by atoms with Crippen molar-refractivity contribution in [3.8, 4) is 0 Å². The zero-order chi connectivity index (χ0) is 16.9. The van der Waals surface area contributed by atoms with Crippen LogP contribution in [0.2, 0.25) is 0 Å². The van der Waals surface area contributed by atoms with Gasteiger partial charge in [-0.05, 0) is 74.6 Å². The number of hydrogen-bond donors (Lipinski definition) is 1. The molecule has 5 heteroatoms. The van der Waals surface area contributed by atoms with Crippen molar-refractivity contribution in [1.82, 2.24) is 0 Å². The Morgan fingerprint density at radius 3 is 2.33 bits per heavy atom. The first-order valence-corrected chi connectivity index (χ1v) is 8.56. The molecule has 1 aromatic carbocycles. The molecule has 2 unspecified atom stereocenters. The van der Waals surface area contributed by atoms with Gasteiger partial charge in [0.25, 0.3) is 0 Å². The highest BCUT2D eigenvalue weighted by atomic mass is 19.1. The Hall–Kier alpha value is -1.75. The van der Waals surface area contributed by atoms with Crippen LogP contribution in [0.1, 0.15) is 48.9 Å². The minimum absolute atomic E-state index is 0.327. The van der Waals surface area contributed by atoms with Gasteiger partial charge in [0.1, 0.15) is 5.82 Å². The van der Waals surface area contributed by atoms with Gasteiger partial charge in [-0.3, -0.25) is 9.59 Å². The standard InChI is InChI=1S/C19H21FO4/c20-15-3-1-14(2-4-15)16(21)10-24-17(22)18-6-12-5-13(7-18)9-19(23,8-12)11-18/h1-4,12-13,23H,5-11H2/t12-,13+,18?,19?. The molecule has 4 aliphatic rings. The van der Waals surface area contributed by atoms with E-state index in [1.807, 2.05) is 0 Å². The van der Waals surface area contributed by atoms with Crippen LogP contribution in [-0.2, 0) is 9.53 Å². The molecule has 4 bridgehead atoms. The Morgan fingerprint density at radius 1 is 1.12 bits per heavy atom. The van der Waals surface area contributed by atoms with Crippen molar-refractivity contribution in [3.63, 3.8) is 0 Å². The fourth-order valence-electron chi connectivity index (χ4n) is 5.46. The topological polar surface area (TPSA) is 63.6 Å². The van der Waals surface area contributed by atoms with Crippen LogP contribution in [0.5, 0.6) is 0 Å². The first-order chi connectivity index (χ1) is 11.4. The third kappa shape index (κ3) is 2.65. The average molecular weight is 332 g/mol. The van der Waals surface area contributed by atoms with Crippen LogP contribution >= 0.6 is 0 Å². The molecule has 128 valence electrons. The Balaban J connectivity index is 1.43. The lowest BCUT2D eigenvalue weighted by atomic mass is 9.48. The van der Waals surface area contributed by atoms with Gasteiger partial charge in [0.05, 0.1) is 11.0 Å². The number of aliphatic hydroxyl groups is 1. The average Bonchev–Trinajstić information content (AvgIpc) is 2.50. The summed E-state index contributed by atoms with van der Waals surface area (Å²) in [6, 6.07) is 5.20. The maximum absolute atomic E-state index is 12.9. The Morgan fingerprint density at radius 2 is 1.75 bits per heavy atom. The van der Waals surface area contributed by atoms with Crippen molar-refractivity contribution in [2.75, 3.05) is 6.61 Å². The van der Waals surface area contributed by atoms with Crippen LogP contribution in [0.25, 0.3) is 0 Å². The highest BCUT2D eigenvalue weighted by Gasteiger charge is 2.60. The lowest BCUT2D eigenvalue weighted by Crippen LogP contribution is -2.58. The predicted molar refractivity (Wildman–Crippen MR) is 83.8 cm³/mol. The number of carbonyl (C=O) groups is 2. The van der Waals surface area contributed by atoms with E-state index in [9.17, 15) is 19.1 Å². The first-order valence-electron chi connectivity index (χ1n) is 8.56. The van der Waals surface area contributed by atoms with Crippen LogP contribution in [0.4, 0.5) is 4.39 Å². The monoisotopic (exact) mass is 332 g/mol. The molecule has 4 aliphatic carbocycles. The lowest BCUT2D eigenvalue weighted by Gasteiger charge is -2.58. The molecular weight excluding hydrogens is 311 g/mol. The highest BCUT2D eigenvalue weighted by molar-refractivity contribution is 5.98. The molecular formula is C19H21FO4. The third-order valence-electron chi connectivity index (χ3n) is 5.96. The van der Waals surface area contributed by atoms with Gasteiger partial charge >= 0.3 is 5.97 Å². The zero-order valence-electron chi connectivity index (χ0n) is 13.5. The molecule has 4 fully saturated rings. The highest BCUT2D eigenvalue weighted by Crippen LogP contribution is 2.61. The largest absolute Gasteiger partial charge is 0.457 e. The summed E-state index contributed by atoms with van der Waals surface area (Å²) in [5, 5.41) is 10.7. The Kier molecular flexibility index (Phi) is 3.53. The van der Waals surface area contributed by atoms with Crippen molar-refractivity contribution in [2.45, 2.75) is 44.1 Å². The summed E-state index contributed by atoms with van der Waals surface area (Å²) in [5.74, 6) is -0.337. The van der Waals surface area contributed by atoms with E-state index in [1.54, 1.807) is 0 Å². The SMILES string of the molecule is O=C(COC(=O)C12C[C@@H]3C[C@@H](CC(O)(C3)C1)C2)c1ccc(F)cc1. The molecule has 0 radical (unpaired) electrons. The van der Waals surface area contributed by atoms with Crippen molar-refractivity contribution in [3.05, 3.63) is 35.6 Å².